The van der Waals surface area contributed by atoms with Gasteiger partial charge in [-0.1, -0.05) is 5.16 Å². The Kier molecular flexibility index (Phi) is 3.80. The van der Waals surface area contributed by atoms with Crippen molar-refractivity contribution in [2.45, 2.75) is 13.8 Å². The number of hydrogen-bond donors (Lipinski definition) is 1. The maximum Gasteiger partial charge on any atom is 0.261 e. The Morgan fingerprint density at radius 3 is 2.62 bits per heavy atom. The van der Waals surface area contributed by atoms with Crippen LogP contribution in [0.4, 0.5) is 20.2 Å². The number of fused-ring (bicyclic) bond motifs is 1. The molecule has 0 aliphatic carbocycles. The van der Waals surface area contributed by atoms with E-state index in [2.05, 4.69) is 25.4 Å². The van der Waals surface area contributed by atoms with E-state index in [4.69, 9.17) is 4.52 Å². The van der Waals surface area contributed by atoms with Gasteiger partial charge in [0.1, 0.15) is 11.6 Å². The van der Waals surface area contributed by atoms with Crippen molar-refractivity contribution in [1.82, 2.24) is 20.1 Å². The zero-order valence-electron chi connectivity index (χ0n) is 13.9. The second-order valence-electron chi connectivity index (χ2n) is 5.77. The molecule has 0 radical (unpaired) electrons. The van der Waals surface area contributed by atoms with E-state index < -0.39 is 11.6 Å². The molecule has 0 bridgehead atoms. The quantitative estimate of drug-likeness (QED) is 0.591. The summed E-state index contributed by atoms with van der Waals surface area (Å²) in [6, 6.07) is 6.94. The van der Waals surface area contributed by atoms with Crippen molar-refractivity contribution in [2.75, 3.05) is 5.32 Å². The molecule has 0 aliphatic rings. The summed E-state index contributed by atoms with van der Waals surface area (Å²) >= 11 is 0. The highest BCUT2D eigenvalue weighted by Gasteiger charge is 2.18. The lowest BCUT2D eigenvalue weighted by molar-refractivity contribution is 0.425. The maximum atomic E-state index is 14.2. The van der Waals surface area contributed by atoms with E-state index in [0.29, 0.717) is 28.1 Å². The smallest absolute Gasteiger partial charge is 0.261 e. The number of aryl methyl sites for hydroxylation is 2. The van der Waals surface area contributed by atoms with Gasteiger partial charge in [0, 0.05) is 23.3 Å². The Labute approximate surface area is 146 Å². The fourth-order valence-corrected chi connectivity index (χ4v) is 2.60. The van der Waals surface area contributed by atoms with Crippen LogP contribution < -0.4 is 5.32 Å². The minimum atomic E-state index is -0.720. The minimum Gasteiger partial charge on any atom is -0.352 e. The molecule has 0 spiro atoms. The first kappa shape index (κ1) is 16.1. The van der Waals surface area contributed by atoms with Gasteiger partial charge < -0.3 is 9.84 Å². The number of benzene rings is 1. The summed E-state index contributed by atoms with van der Waals surface area (Å²) in [7, 11) is 0. The lowest BCUT2D eigenvalue weighted by Gasteiger charge is -2.13. The van der Waals surface area contributed by atoms with Gasteiger partial charge in [0.15, 0.2) is 11.5 Å². The zero-order chi connectivity index (χ0) is 18.3. The molecule has 1 N–H and O–H groups in total. The lowest BCUT2D eigenvalue weighted by atomic mass is 10.1. The monoisotopic (exact) mass is 353 g/mol. The third-order valence-corrected chi connectivity index (χ3v) is 3.82. The number of nitrogens with one attached hydrogen (secondary N) is 1. The van der Waals surface area contributed by atoms with Crippen LogP contribution in [0, 0.1) is 25.5 Å². The van der Waals surface area contributed by atoms with Gasteiger partial charge in [-0.05, 0) is 38.1 Å². The third-order valence-electron chi connectivity index (χ3n) is 3.82. The Hall–Kier alpha value is -3.42. The summed E-state index contributed by atoms with van der Waals surface area (Å²) in [4.78, 5) is 12.9. The molecule has 0 fully saturated rings. The van der Waals surface area contributed by atoms with E-state index >= 15 is 0 Å². The number of anilines is 2. The summed E-state index contributed by atoms with van der Waals surface area (Å²) < 4.78 is 32.6. The van der Waals surface area contributed by atoms with Gasteiger partial charge in [-0.2, -0.15) is 4.98 Å². The van der Waals surface area contributed by atoms with E-state index in [1.807, 2.05) is 19.1 Å². The molecule has 0 unspecified atom stereocenters. The van der Waals surface area contributed by atoms with Crippen LogP contribution in [0.2, 0.25) is 0 Å². The lowest BCUT2D eigenvalue weighted by Crippen LogP contribution is -2.00. The van der Waals surface area contributed by atoms with E-state index in [1.54, 1.807) is 6.92 Å². The maximum absolute atomic E-state index is 14.2. The topological polar surface area (TPSA) is 76.7 Å². The predicted molar refractivity (Wildman–Crippen MR) is 91.9 cm³/mol. The number of rotatable bonds is 3. The van der Waals surface area contributed by atoms with Crippen LogP contribution in [0.25, 0.3) is 22.5 Å². The molecular weight excluding hydrogens is 340 g/mol. The highest BCUT2D eigenvalue weighted by molar-refractivity contribution is 5.98. The van der Waals surface area contributed by atoms with Crippen LogP contribution >= 0.6 is 0 Å². The van der Waals surface area contributed by atoms with Crippen LogP contribution in [0.1, 0.15) is 11.5 Å². The molecule has 3 heterocycles. The van der Waals surface area contributed by atoms with Gasteiger partial charge in [0.25, 0.3) is 5.89 Å². The Balaban J connectivity index is 1.94. The minimum absolute atomic E-state index is 0.108. The Morgan fingerprint density at radius 1 is 1.04 bits per heavy atom. The first-order chi connectivity index (χ1) is 12.5. The average molecular weight is 353 g/mol. The number of hydrogen-bond acceptors (Lipinski definition) is 6. The Morgan fingerprint density at radius 2 is 1.88 bits per heavy atom. The van der Waals surface area contributed by atoms with Crippen molar-refractivity contribution < 1.29 is 13.3 Å². The van der Waals surface area contributed by atoms with Crippen molar-refractivity contribution in [3.8, 4) is 11.5 Å². The molecule has 8 heteroatoms. The molecule has 0 atom stereocenters. The molecule has 4 rings (SSSR count). The Bertz CT molecular complexity index is 1130. The molecule has 0 saturated heterocycles. The highest BCUT2D eigenvalue weighted by atomic mass is 19.1. The van der Waals surface area contributed by atoms with Crippen LogP contribution in [0.15, 0.2) is 41.1 Å². The summed E-state index contributed by atoms with van der Waals surface area (Å²) in [5.74, 6) is -0.677. The number of halogens is 2. The van der Waals surface area contributed by atoms with Crippen LogP contribution in [-0.2, 0) is 0 Å². The first-order valence-corrected chi connectivity index (χ1v) is 7.80. The molecule has 0 amide bonds. The van der Waals surface area contributed by atoms with Crippen molar-refractivity contribution in [3.63, 3.8) is 0 Å². The van der Waals surface area contributed by atoms with Crippen LogP contribution in [0.5, 0.6) is 0 Å². The first-order valence-electron chi connectivity index (χ1n) is 7.80. The second-order valence-corrected chi connectivity index (χ2v) is 5.77. The molecule has 0 saturated carbocycles. The number of nitrogens with zero attached hydrogens (tertiary/aromatic N) is 4. The number of pyridine rings is 2. The molecular formula is C18H13F2N5O. The summed E-state index contributed by atoms with van der Waals surface area (Å²) in [6.07, 6.45) is 1.53. The molecule has 3 aromatic heterocycles. The highest BCUT2D eigenvalue weighted by Crippen LogP contribution is 2.35. The van der Waals surface area contributed by atoms with Crippen molar-refractivity contribution >= 4 is 22.4 Å². The molecule has 6 nitrogen and oxygen atoms in total. The molecule has 1 aromatic carbocycles. The average Bonchev–Trinajstić information content (AvgIpc) is 3.03. The predicted octanol–water partition coefficient (Wildman–Crippen LogP) is 4.32. The SMILES string of the molecule is Cc1ccc2c(Nc3ccc(F)cc3F)c(-c3nc(C)no3)cnc2n1. The van der Waals surface area contributed by atoms with Crippen molar-refractivity contribution in [3.05, 3.63) is 59.7 Å². The van der Waals surface area contributed by atoms with E-state index in [9.17, 15) is 8.78 Å². The van der Waals surface area contributed by atoms with Gasteiger partial charge >= 0.3 is 0 Å². The van der Waals surface area contributed by atoms with Gasteiger partial charge in [0.05, 0.1) is 16.9 Å². The molecule has 130 valence electrons. The number of aromatic nitrogens is 4. The molecule has 26 heavy (non-hydrogen) atoms. The van der Waals surface area contributed by atoms with Gasteiger partial charge in [-0.15, -0.1) is 0 Å². The van der Waals surface area contributed by atoms with Gasteiger partial charge in [-0.25, -0.2) is 18.7 Å². The largest absolute Gasteiger partial charge is 0.352 e. The molecule has 4 aromatic rings. The fourth-order valence-electron chi connectivity index (χ4n) is 2.60. The van der Waals surface area contributed by atoms with E-state index in [0.717, 1.165) is 11.8 Å². The summed E-state index contributed by atoms with van der Waals surface area (Å²) in [5.41, 5.74) is 2.38. The van der Waals surface area contributed by atoms with Gasteiger partial charge in [-0.3, -0.25) is 0 Å². The standard InChI is InChI=1S/C18H13F2N5O/c1-9-3-5-12-16(24-15-6-4-11(19)7-14(15)20)13(8-21-17(12)22-9)18-23-10(2)25-26-18/h3-8H,1-2H3,(H,21,22,24). The van der Waals surface area contributed by atoms with E-state index in [1.165, 1.54) is 18.3 Å². The normalized spacial score (nSPS) is 11.1. The second kappa shape index (κ2) is 6.14. The van der Waals surface area contributed by atoms with Crippen LogP contribution in [-0.4, -0.2) is 20.1 Å². The van der Waals surface area contributed by atoms with Gasteiger partial charge in [0.2, 0.25) is 0 Å². The van der Waals surface area contributed by atoms with E-state index in [-0.39, 0.29) is 11.6 Å². The van der Waals surface area contributed by atoms with Crippen molar-refractivity contribution in [1.29, 1.82) is 0 Å². The van der Waals surface area contributed by atoms with Crippen molar-refractivity contribution in [2.24, 2.45) is 0 Å². The summed E-state index contributed by atoms with van der Waals surface area (Å²) in [5, 5.41) is 7.42. The summed E-state index contributed by atoms with van der Waals surface area (Å²) in [6.45, 7) is 3.54. The fraction of sp³-hybridized carbons (Fsp3) is 0.111. The molecule has 0 aliphatic heterocycles. The van der Waals surface area contributed by atoms with Crippen LogP contribution in [0.3, 0.4) is 0 Å². The zero-order valence-corrected chi connectivity index (χ0v) is 13.9. The third kappa shape index (κ3) is 2.85.